The number of rotatable bonds is 12. The number of likely N-dealkylation sites (N-methyl/N-ethyl adjacent to an activating group) is 1. The molecule has 0 saturated heterocycles. The summed E-state index contributed by atoms with van der Waals surface area (Å²) in [6.07, 6.45) is 5.80. The lowest BCUT2D eigenvalue weighted by molar-refractivity contribution is -0.116. The van der Waals surface area contributed by atoms with E-state index >= 15 is 0 Å². The molecule has 0 aromatic heterocycles. The number of amides is 2. The molecule has 0 bridgehead atoms. The van der Waals surface area contributed by atoms with Crippen molar-refractivity contribution in [3.63, 3.8) is 0 Å². The van der Waals surface area contributed by atoms with Crippen LogP contribution in [0, 0.1) is 0 Å². The number of aliphatic hydroxyl groups excluding tert-OH is 1. The van der Waals surface area contributed by atoms with E-state index in [0.29, 0.717) is 17.7 Å². The van der Waals surface area contributed by atoms with Gasteiger partial charge in [-0.05, 0) is 50.7 Å². The van der Waals surface area contributed by atoms with Crippen LogP contribution in [0.2, 0.25) is 0 Å². The fourth-order valence-electron chi connectivity index (χ4n) is 2.42. The highest BCUT2D eigenvalue weighted by Gasteiger charge is 2.04. The number of primary amides is 1. The summed E-state index contributed by atoms with van der Waals surface area (Å²) in [6.45, 7) is 1.93. The van der Waals surface area contributed by atoms with E-state index in [4.69, 9.17) is 10.8 Å². The minimum absolute atomic E-state index is 0. The first-order valence-electron chi connectivity index (χ1n) is 8.52. The molecule has 0 unspecified atom stereocenters. The van der Waals surface area contributed by atoms with Gasteiger partial charge in [-0.15, -0.1) is 17.0 Å². The van der Waals surface area contributed by atoms with Gasteiger partial charge in [0.2, 0.25) is 11.8 Å². The highest BCUT2D eigenvalue weighted by atomic mass is 79.9. The number of anilines is 1. The standard InChI is InChI=1S/C18H29N3O3.BrH/c1-21(13-14-22)12-6-4-2-3-5-7-17(23)20-16-10-8-15(9-11-16)18(19)24;/h8-11,22H,2-7,12-14H2,1H3,(H2,19,24)(H,20,23);1H. The number of nitrogens with two attached hydrogens (primary N) is 1. The summed E-state index contributed by atoms with van der Waals surface area (Å²) in [5.41, 5.74) is 6.28. The second-order valence-electron chi connectivity index (χ2n) is 6.03. The van der Waals surface area contributed by atoms with Crippen molar-refractivity contribution in [3.8, 4) is 0 Å². The van der Waals surface area contributed by atoms with Gasteiger partial charge in [-0.2, -0.15) is 0 Å². The van der Waals surface area contributed by atoms with E-state index in [1.165, 1.54) is 0 Å². The van der Waals surface area contributed by atoms with E-state index in [0.717, 1.165) is 45.2 Å². The van der Waals surface area contributed by atoms with Crippen LogP contribution < -0.4 is 11.1 Å². The Morgan fingerprint density at radius 3 is 2.24 bits per heavy atom. The van der Waals surface area contributed by atoms with Crippen LogP contribution in [0.5, 0.6) is 0 Å². The molecule has 0 aliphatic rings. The van der Waals surface area contributed by atoms with Crippen molar-refractivity contribution in [1.29, 1.82) is 0 Å². The third-order valence-electron chi connectivity index (χ3n) is 3.88. The smallest absolute Gasteiger partial charge is 0.248 e. The minimum Gasteiger partial charge on any atom is -0.395 e. The Morgan fingerprint density at radius 2 is 1.64 bits per heavy atom. The number of aliphatic hydroxyl groups is 1. The average Bonchev–Trinajstić information content (AvgIpc) is 2.54. The van der Waals surface area contributed by atoms with Crippen LogP contribution in [0.15, 0.2) is 24.3 Å². The summed E-state index contributed by atoms with van der Waals surface area (Å²) in [5.74, 6) is -0.486. The van der Waals surface area contributed by atoms with Gasteiger partial charge in [0.05, 0.1) is 6.61 Å². The molecule has 0 aliphatic carbocycles. The summed E-state index contributed by atoms with van der Waals surface area (Å²) in [7, 11) is 2.01. The Morgan fingerprint density at radius 1 is 1.04 bits per heavy atom. The maximum atomic E-state index is 11.8. The van der Waals surface area contributed by atoms with Crippen LogP contribution in [0.25, 0.3) is 0 Å². The number of hydrogen-bond donors (Lipinski definition) is 3. The van der Waals surface area contributed by atoms with Crippen molar-refractivity contribution < 1.29 is 14.7 Å². The summed E-state index contributed by atoms with van der Waals surface area (Å²) in [4.78, 5) is 24.9. The highest BCUT2D eigenvalue weighted by Crippen LogP contribution is 2.11. The molecule has 1 aromatic carbocycles. The molecular formula is C18H30BrN3O3. The molecule has 0 spiro atoms. The first-order valence-corrected chi connectivity index (χ1v) is 8.52. The molecule has 0 radical (unpaired) electrons. The Hall–Kier alpha value is -1.44. The second kappa shape index (κ2) is 13.8. The van der Waals surface area contributed by atoms with Crippen molar-refractivity contribution in [2.45, 2.75) is 38.5 Å². The summed E-state index contributed by atoms with van der Waals surface area (Å²) in [5, 5.41) is 11.6. The van der Waals surface area contributed by atoms with Gasteiger partial charge in [-0.3, -0.25) is 9.59 Å². The molecule has 25 heavy (non-hydrogen) atoms. The SMILES string of the molecule is Br.CN(CCO)CCCCCCCC(=O)Nc1ccc(C(N)=O)cc1. The maximum Gasteiger partial charge on any atom is 0.248 e. The second-order valence-corrected chi connectivity index (χ2v) is 6.03. The Balaban J connectivity index is 0.00000576. The first-order chi connectivity index (χ1) is 11.5. The molecule has 0 fully saturated rings. The molecule has 7 heteroatoms. The molecule has 6 nitrogen and oxygen atoms in total. The molecule has 0 heterocycles. The largest absolute Gasteiger partial charge is 0.395 e. The normalized spacial score (nSPS) is 10.4. The summed E-state index contributed by atoms with van der Waals surface area (Å²) < 4.78 is 0. The van der Waals surface area contributed by atoms with Gasteiger partial charge >= 0.3 is 0 Å². The molecular weight excluding hydrogens is 386 g/mol. The summed E-state index contributed by atoms with van der Waals surface area (Å²) >= 11 is 0. The fourth-order valence-corrected chi connectivity index (χ4v) is 2.42. The molecule has 4 N–H and O–H groups in total. The Kier molecular flexibility index (Phi) is 13.0. The van der Waals surface area contributed by atoms with Crippen LogP contribution in [0.1, 0.15) is 48.9 Å². The fraction of sp³-hybridized carbons (Fsp3) is 0.556. The first kappa shape index (κ1) is 23.6. The molecule has 142 valence electrons. The molecule has 0 saturated carbocycles. The predicted molar refractivity (Wildman–Crippen MR) is 106 cm³/mol. The third-order valence-corrected chi connectivity index (χ3v) is 3.88. The lowest BCUT2D eigenvalue weighted by Crippen LogP contribution is -2.23. The monoisotopic (exact) mass is 415 g/mol. The van der Waals surface area contributed by atoms with Gasteiger partial charge < -0.3 is 21.1 Å². The molecule has 0 aliphatic heterocycles. The van der Waals surface area contributed by atoms with Crippen LogP contribution >= 0.6 is 17.0 Å². The minimum atomic E-state index is -0.476. The van der Waals surface area contributed by atoms with Crippen molar-refractivity contribution in [1.82, 2.24) is 4.90 Å². The van der Waals surface area contributed by atoms with Gasteiger partial charge in [0, 0.05) is 24.2 Å². The van der Waals surface area contributed by atoms with E-state index in [1.54, 1.807) is 24.3 Å². The lowest BCUT2D eigenvalue weighted by Gasteiger charge is -2.14. The quantitative estimate of drug-likeness (QED) is 0.457. The number of benzene rings is 1. The van der Waals surface area contributed by atoms with E-state index in [-0.39, 0.29) is 29.5 Å². The van der Waals surface area contributed by atoms with Gasteiger partial charge in [-0.1, -0.05) is 19.3 Å². The zero-order valence-electron chi connectivity index (χ0n) is 14.9. The maximum absolute atomic E-state index is 11.8. The topological polar surface area (TPSA) is 95.7 Å². The van der Waals surface area contributed by atoms with Crippen molar-refractivity contribution in [2.24, 2.45) is 5.73 Å². The zero-order chi connectivity index (χ0) is 17.8. The number of nitrogens with one attached hydrogen (secondary N) is 1. The number of unbranched alkanes of at least 4 members (excludes halogenated alkanes) is 4. The van der Waals surface area contributed by atoms with Crippen molar-refractivity contribution >= 4 is 34.5 Å². The van der Waals surface area contributed by atoms with Gasteiger partial charge in [0.15, 0.2) is 0 Å². The summed E-state index contributed by atoms with van der Waals surface area (Å²) in [6, 6.07) is 6.57. The van der Waals surface area contributed by atoms with Crippen LogP contribution in [0.3, 0.4) is 0 Å². The number of halogens is 1. The van der Waals surface area contributed by atoms with Crippen LogP contribution in [-0.2, 0) is 4.79 Å². The van der Waals surface area contributed by atoms with E-state index in [2.05, 4.69) is 10.2 Å². The average molecular weight is 416 g/mol. The Labute approximate surface area is 160 Å². The van der Waals surface area contributed by atoms with Gasteiger partial charge in [0.25, 0.3) is 0 Å². The predicted octanol–water partition coefficient (Wildman–Crippen LogP) is 2.57. The van der Waals surface area contributed by atoms with E-state index < -0.39 is 5.91 Å². The van der Waals surface area contributed by atoms with Crippen LogP contribution in [-0.4, -0.2) is 48.6 Å². The number of hydrogen-bond acceptors (Lipinski definition) is 4. The molecule has 1 aromatic rings. The van der Waals surface area contributed by atoms with E-state index in [9.17, 15) is 9.59 Å². The van der Waals surface area contributed by atoms with Crippen LogP contribution in [0.4, 0.5) is 5.69 Å². The molecule has 0 atom stereocenters. The highest BCUT2D eigenvalue weighted by molar-refractivity contribution is 8.93. The number of carbonyl (C=O) groups excluding carboxylic acids is 2. The van der Waals surface area contributed by atoms with Crippen molar-refractivity contribution in [2.75, 3.05) is 32.1 Å². The number of nitrogens with zero attached hydrogens (tertiary/aromatic N) is 1. The molecule has 2 amide bonds. The lowest BCUT2D eigenvalue weighted by atomic mass is 10.1. The van der Waals surface area contributed by atoms with E-state index in [1.807, 2.05) is 7.05 Å². The Bertz CT molecular complexity index is 509. The van der Waals surface area contributed by atoms with Gasteiger partial charge in [-0.25, -0.2) is 0 Å². The van der Waals surface area contributed by atoms with Gasteiger partial charge in [0.1, 0.15) is 0 Å². The molecule has 1 rings (SSSR count). The zero-order valence-corrected chi connectivity index (χ0v) is 16.6. The third kappa shape index (κ3) is 10.9. The van der Waals surface area contributed by atoms with Crippen molar-refractivity contribution in [3.05, 3.63) is 29.8 Å². The number of carbonyl (C=O) groups is 2.